The second-order valence-electron chi connectivity index (χ2n) is 4.06. The zero-order valence-corrected chi connectivity index (χ0v) is 9.33. The summed E-state index contributed by atoms with van der Waals surface area (Å²) in [6.07, 6.45) is 1.94. The highest BCUT2D eigenvalue weighted by Gasteiger charge is 2.00. The molecular weight excluding hydrogens is 198 g/mol. The largest absolute Gasteiger partial charge is 0.361 e. The first-order chi connectivity index (χ1) is 7.79. The number of hydrogen-bond donors (Lipinski definition) is 2. The lowest BCUT2D eigenvalue weighted by Gasteiger charge is -2.06. The fourth-order valence-electron chi connectivity index (χ4n) is 1.69. The fraction of sp³-hybridized carbons (Fsp3) is 0.308. The van der Waals surface area contributed by atoms with Crippen LogP contribution in [0.5, 0.6) is 0 Å². The van der Waals surface area contributed by atoms with Crippen LogP contribution in [0.3, 0.4) is 0 Å². The summed E-state index contributed by atoms with van der Waals surface area (Å²) in [5, 5.41) is 13.2. The summed E-state index contributed by atoms with van der Waals surface area (Å²) >= 11 is 0. The highest BCUT2D eigenvalue weighted by molar-refractivity contribution is 5.79. The van der Waals surface area contributed by atoms with Crippen molar-refractivity contribution in [3.05, 3.63) is 36.0 Å². The number of H-pyrrole nitrogens is 1. The van der Waals surface area contributed by atoms with Crippen LogP contribution < -0.4 is 5.32 Å². The maximum Gasteiger partial charge on any atom is 0.0666 e. The van der Waals surface area contributed by atoms with Gasteiger partial charge in [-0.05, 0) is 36.1 Å². The molecule has 0 bridgehead atoms. The Kier molecular flexibility index (Phi) is 3.23. The number of fused-ring (bicyclic) bond motifs is 1. The molecule has 0 saturated heterocycles. The van der Waals surface area contributed by atoms with Crippen LogP contribution in [0.2, 0.25) is 0 Å². The third-order valence-corrected chi connectivity index (χ3v) is 2.62. The molecule has 82 valence electrons. The molecule has 0 radical (unpaired) electrons. The summed E-state index contributed by atoms with van der Waals surface area (Å²) in [6.45, 7) is 3.47. The standard InChI is InChI=1S/C13H15N3/c1-10(7-14)8-15-9-11-2-3-13-12(6-11)4-5-16-13/h2-6,10,15-16H,8-9H2,1H3. The summed E-state index contributed by atoms with van der Waals surface area (Å²) in [4.78, 5) is 3.17. The van der Waals surface area contributed by atoms with E-state index < -0.39 is 0 Å². The van der Waals surface area contributed by atoms with Gasteiger partial charge in [0.2, 0.25) is 0 Å². The lowest BCUT2D eigenvalue weighted by atomic mass is 10.1. The molecule has 3 nitrogen and oxygen atoms in total. The molecule has 0 saturated carbocycles. The number of aromatic amines is 1. The van der Waals surface area contributed by atoms with Crippen LogP contribution in [0.4, 0.5) is 0 Å². The molecule has 1 unspecified atom stereocenters. The zero-order valence-electron chi connectivity index (χ0n) is 9.33. The average Bonchev–Trinajstić information content (AvgIpc) is 2.76. The van der Waals surface area contributed by atoms with Gasteiger partial charge in [-0.25, -0.2) is 0 Å². The molecule has 1 aromatic carbocycles. The first-order valence-electron chi connectivity index (χ1n) is 5.46. The third-order valence-electron chi connectivity index (χ3n) is 2.62. The number of hydrogen-bond acceptors (Lipinski definition) is 2. The van der Waals surface area contributed by atoms with Gasteiger partial charge in [-0.1, -0.05) is 6.07 Å². The SMILES string of the molecule is CC(C#N)CNCc1ccc2[nH]ccc2c1. The van der Waals surface area contributed by atoms with E-state index in [-0.39, 0.29) is 5.92 Å². The molecule has 1 aromatic heterocycles. The molecule has 1 heterocycles. The molecule has 0 aliphatic rings. The first kappa shape index (κ1) is 10.7. The topological polar surface area (TPSA) is 51.6 Å². The molecule has 1 atom stereocenters. The van der Waals surface area contributed by atoms with Gasteiger partial charge in [-0.3, -0.25) is 0 Å². The summed E-state index contributed by atoms with van der Waals surface area (Å²) in [6, 6.07) is 10.6. The molecule has 2 N–H and O–H groups in total. The second-order valence-corrected chi connectivity index (χ2v) is 4.06. The summed E-state index contributed by atoms with van der Waals surface area (Å²) < 4.78 is 0. The molecule has 0 spiro atoms. The maximum atomic E-state index is 8.65. The van der Waals surface area contributed by atoms with Gasteiger partial charge < -0.3 is 10.3 Å². The van der Waals surface area contributed by atoms with Crippen molar-refractivity contribution in [1.29, 1.82) is 5.26 Å². The summed E-state index contributed by atoms with van der Waals surface area (Å²) in [5.41, 5.74) is 2.41. The minimum Gasteiger partial charge on any atom is -0.361 e. The minimum absolute atomic E-state index is 0.0657. The molecule has 2 aromatic rings. The summed E-state index contributed by atoms with van der Waals surface area (Å²) in [7, 11) is 0. The highest BCUT2D eigenvalue weighted by Crippen LogP contribution is 2.13. The van der Waals surface area contributed by atoms with Crippen LogP contribution in [0.15, 0.2) is 30.5 Å². The Morgan fingerprint density at radius 2 is 2.31 bits per heavy atom. The highest BCUT2D eigenvalue weighted by atomic mass is 14.9. The second kappa shape index (κ2) is 4.82. The van der Waals surface area contributed by atoms with Gasteiger partial charge in [0, 0.05) is 24.8 Å². The van der Waals surface area contributed by atoms with Gasteiger partial charge in [-0.2, -0.15) is 5.26 Å². The molecule has 0 aliphatic carbocycles. The van der Waals surface area contributed by atoms with Crippen molar-refractivity contribution in [2.75, 3.05) is 6.54 Å². The van der Waals surface area contributed by atoms with E-state index in [1.165, 1.54) is 10.9 Å². The minimum atomic E-state index is 0.0657. The van der Waals surface area contributed by atoms with Gasteiger partial charge >= 0.3 is 0 Å². The zero-order chi connectivity index (χ0) is 11.4. The van der Waals surface area contributed by atoms with Crippen LogP contribution in [-0.4, -0.2) is 11.5 Å². The van der Waals surface area contributed by atoms with Gasteiger partial charge in [0.15, 0.2) is 0 Å². The van der Waals surface area contributed by atoms with Crippen molar-refractivity contribution >= 4 is 10.9 Å². The van der Waals surface area contributed by atoms with E-state index in [9.17, 15) is 0 Å². The van der Waals surface area contributed by atoms with Crippen molar-refractivity contribution in [1.82, 2.24) is 10.3 Å². The monoisotopic (exact) mass is 213 g/mol. The van der Waals surface area contributed by atoms with Gasteiger partial charge in [0.1, 0.15) is 0 Å². The van der Waals surface area contributed by atoms with Crippen LogP contribution in [0.1, 0.15) is 12.5 Å². The van der Waals surface area contributed by atoms with E-state index in [1.54, 1.807) is 0 Å². The van der Waals surface area contributed by atoms with Crippen molar-refractivity contribution in [2.24, 2.45) is 5.92 Å². The predicted octanol–water partition coefficient (Wildman–Crippen LogP) is 2.42. The molecule has 0 fully saturated rings. The van der Waals surface area contributed by atoms with Crippen LogP contribution in [0.25, 0.3) is 10.9 Å². The van der Waals surface area contributed by atoms with Crippen molar-refractivity contribution in [2.45, 2.75) is 13.5 Å². The third kappa shape index (κ3) is 2.41. The van der Waals surface area contributed by atoms with E-state index in [2.05, 4.69) is 40.6 Å². The number of nitriles is 1. The average molecular weight is 213 g/mol. The Morgan fingerprint density at radius 1 is 1.44 bits per heavy atom. The smallest absolute Gasteiger partial charge is 0.0666 e. The van der Waals surface area contributed by atoms with E-state index in [0.717, 1.165) is 18.6 Å². The van der Waals surface area contributed by atoms with E-state index in [0.29, 0.717) is 0 Å². The van der Waals surface area contributed by atoms with E-state index in [4.69, 9.17) is 5.26 Å². The van der Waals surface area contributed by atoms with Gasteiger partial charge in [0.05, 0.1) is 12.0 Å². The number of nitrogens with one attached hydrogen (secondary N) is 2. The predicted molar refractivity (Wildman–Crippen MR) is 64.8 cm³/mol. The van der Waals surface area contributed by atoms with Crippen LogP contribution in [0, 0.1) is 17.2 Å². The number of aromatic nitrogens is 1. The maximum absolute atomic E-state index is 8.65. The number of benzene rings is 1. The lowest BCUT2D eigenvalue weighted by Crippen LogP contribution is -2.19. The van der Waals surface area contributed by atoms with Gasteiger partial charge in [0.25, 0.3) is 0 Å². The first-order valence-corrected chi connectivity index (χ1v) is 5.46. The Balaban J connectivity index is 1.97. The van der Waals surface area contributed by atoms with Crippen molar-refractivity contribution < 1.29 is 0 Å². The Bertz CT molecular complexity index is 507. The lowest BCUT2D eigenvalue weighted by molar-refractivity contribution is 0.602. The van der Waals surface area contributed by atoms with Gasteiger partial charge in [-0.15, -0.1) is 0 Å². The molecule has 16 heavy (non-hydrogen) atoms. The van der Waals surface area contributed by atoms with Crippen molar-refractivity contribution in [3.63, 3.8) is 0 Å². The Labute approximate surface area is 95.1 Å². The molecular formula is C13H15N3. The van der Waals surface area contributed by atoms with E-state index in [1.807, 2.05) is 13.1 Å². The Morgan fingerprint density at radius 3 is 3.12 bits per heavy atom. The quantitative estimate of drug-likeness (QED) is 0.819. The number of rotatable bonds is 4. The van der Waals surface area contributed by atoms with Crippen LogP contribution in [-0.2, 0) is 6.54 Å². The molecule has 0 amide bonds. The van der Waals surface area contributed by atoms with Crippen LogP contribution >= 0.6 is 0 Å². The molecule has 3 heteroatoms. The number of nitrogens with zero attached hydrogens (tertiary/aromatic N) is 1. The molecule has 2 rings (SSSR count). The Hall–Kier alpha value is -1.79. The van der Waals surface area contributed by atoms with Crippen molar-refractivity contribution in [3.8, 4) is 6.07 Å². The summed E-state index contributed by atoms with van der Waals surface area (Å²) in [5.74, 6) is 0.0657. The molecule has 0 aliphatic heterocycles. The van der Waals surface area contributed by atoms with E-state index >= 15 is 0 Å². The fourth-order valence-corrected chi connectivity index (χ4v) is 1.69. The normalized spacial score (nSPS) is 12.5.